The molecule has 0 bridgehead atoms. The summed E-state index contributed by atoms with van der Waals surface area (Å²) in [5.74, 6) is 0. The van der Waals surface area contributed by atoms with Crippen LogP contribution in [0.3, 0.4) is 0 Å². The van der Waals surface area contributed by atoms with E-state index < -0.39 is 46.8 Å². The summed E-state index contributed by atoms with van der Waals surface area (Å²) in [6.07, 6.45) is 7.64. The Morgan fingerprint density at radius 2 is 0.667 bits per heavy atom. The van der Waals surface area contributed by atoms with Crippen LogP contribution >= 0.6 is 18.4 Å². The van der Waals surface area contributed by atoms with Crippen LogP contribution in [0.5, 0.6) is 0 Å². The first-order valence-corrected chi connectivity index (χ1v) is 44.8. The average molecular weight is 543 g/mol. The summed E-state index contributed by atoms with van der Waals surface area (Å²) in [6.45, 7) is 0. The van der Waals surface area contributed by atoms with Gasteiger partial charge in [-0.3, -0.25) is 0 Å². The normalized spacial score (nSPS) is 31.5. The summed E-state index contributed by atoms with van der Waals surface area (Å²) in [5.41, 5.74) is 0. The molecule has 6 heteroatoms. The zero-order valence-electron chi connectivity index (χ0n) is 8.72. The van der Waals surface area contributed by atoms with Gasteiger partial charge >= 0.3 is 94.9 Å². The van der Waals surface area contributed by atoms with Crippen molar-refractivity contribution in [3.8, 4) is 0 Å². The van der Waals surface area contributed by atoms with Crippen LogP contribution in [-0.4, -0.2) is 46.8 Å². The predicted molar refractivity (Wildman–Crippen MR) is 75.2 cm³/mol. The fraction of sp³-hybridized carbons (Fsp3) is 1.00. The fourth-order valence-corrected chi connectivity index (χ4v) is 600. The third-order valence-corrected chi connectivity index (χ3v) is 267. The van der Waals surface area contributed by atoms with Crippen molar-refractivity contribution in [2.24, 2.45) is 0 Å². The number of hydrogen-bond acceptors (Lipinski definition) is 3. The molecule has 1 rings (SSSR count). The van der Waals surface area contributed by atoms with E-state index in [1.807, 2.05) is 0 Å². The van der Waals surface area contributed by atoms with Gasteiger partial charge in [-0.05, 0) is 0 Å². The van der Waals surface area contributed by atoms with Crippen molar-refractivity contribution in [1.29, 1.82) is 0 Å². The molecule has 0 aromatic carbocycles. The molecule has 0 unspecified atom stereocenters. The summed E-state index contributed by atoms with van der Waals surface area (Å²) in [7, 11) is 0. The van der Waals surface area contributed by atoms with E-state index in [0.717, 1.165) is 0 Å². The first kappa shape index (κ1) is 13.5. The first-order valence-electron chi connectivity index (χ1n) is 4.22. The van der Waals surface area contributed by atoms with Gasteiger partial charge in [-0.2, -0.15) is 0 Å². The van der Waals surface area contributed by atoms with Crippen LogP contribution in [0.1, 0.15) is 0 Å². The van der Waals surface area contributed by atoms with E-state index in [-0.39, 0.29) is 0 Å². The molecule has 0 aromatic heterocycles. The first-order chi connectivity index (χ1) is 5.12. The van der Waals surface area contributed by atoms with E-state index >= 15 is 0 Å². The standard InChI is InChI=1S/6CH3.3S.3Sn/h6*1H3;;;;;;. The molecular weight excluding hydrogens is 524 g/mol. The molecule has 0 nitrogen and oxygen atoms in total. The molecular formula is C6H18S3Sn3. The van der Waals surface area contributed by atoms with E-state index in [2.05, 4.69) is 48.0 Å². The second-order valence-corrected chi connectivity index (χ2v) is 116. The molecule has 0 amide bonds. The van der Waals surface area contributed by atoms with E-state index in [0.29, 0.717) is 0 Å². The van der Waals surface area contributed by atoms with Crippen molar-refractivity contribution in [3.05, 3.63) is 0 Å². The van der Waals surface area contributed by atoms with Gasteiger partial charge in [-0.25, -0.2) is 0 Å². The van der Waals surface area contributed by atoms with Gasteiger partial charge in [0.25, 0.3) is 0 Å². The Morgan fingerprint density at radius 3 is 0.833 bits per heavy atom. The number of rotatable bonds is 0. The van der Waals surface area contributed by atoms with Crippen LogP contribution in [0.15, 0.2) is 0 Å². The van der Waals surface area contributed by atoms with Crippen molar-refractivity contribution in [2.45, 2.75) is 29.6 Å². The third kappa shape index (κ3) is 4.53. The second-order valence-electron chi connectivity index (χ2n) is 4.51. The van der Waals surface area contributed by atoms with Gasteiger partial charge < -0.3 is 0 Å². The molecule has 0 atom stereocenters. The van der Waals surface area contributed by atoms with Crippen molar-refractivity contribution < 1.29 is 0 Å². The zero-order valence-corrected chi connectivity index (χ0v) is 19.7. The number of hydrogen-bond donors (Lipinski definition) is 0. The molecule has 0 radical (unpaired) electrons. The van der Waals surface area contributed by atoms with E-state index in [4.69, 9.17) is 0 Å². The molecule has 1 heterocycles. The molecule has 0 aromatic rings. The summed E-state index contributed by atoms with van der Waals surface area (Å²) < 4.78 is 0. The maximum absolute atomic E-state index is 2.64. The molecule has 0 N–H and O–H groups in total. The molecule has 0 saturated carbocycles. The van der Waals surface area contributed by atoms with Crippen LogP contribution in [0, 0.1) is 0 Å². The van der Waals surface area contributed by atoms with E-state index in [1.165, 1.54) is 0 Å². The molecule has 1 saturated heterocycles. The van der Waals surface area contributed by atoms with Crippen LogP contribution in [0.4, 0.5) is 0 Å². The molecule has 1 aliphatic heterocycles. The maximum atomic E-state index is 2.64. The van der Waals surface area contributed by atoms with Gasteiger partial charge in [-0.15, -0.1) is 0 Å². The molecule has 0 aliphatic carbocycles. The second kappa shape index (κ2) is 4.37. The SMILES string of the molecule is [CH3][Sn]1([CH3])[S][Sn]([CH3])([CH3])[S][Sn]([CH3])([CH3])[S]1. The Balaban J connectivity index is 2.81. The summed E-state index contributed by atoms with van der Waals surface area (Å²) in [6, 6.07) is 0. The quantitative estimate of drug-likeness (QED) is 0.419. The van der Waals surface area contributed by atoms with Gasteiger partial charge in [-0.1, -0.05) is 0 Å². The van der Waals surface area contributed by atoms with Gasteiger partial charge in [0.15, 0.2) is 0 Å². The van der Waals surface area contributed by atoms with E-state index in [9.17, 15) is 0 Å². The molecule has 1 aliphatic rings. The van der Waals surface area contributed by atoms with Gasteiger partial charge in [0.05, 0.1) is 0 Å². The van der Waals surface area contributed by atoms with Gasteiger partial charge in [0, 0.05) is 0 Å². The summed E-state index contributed by atoms with van der Waals surface area (Å²) in [5, 5.41) is 0. The Bertz CT molecular complexity index is 145. The minimum absolute atomic E-state index is 1.58. The van der Waals surface area contributed by atoms with Crippen molar-refractivity contribution in [1.82, 2.24) is 0 Å². The average Bonchev–Trinajstić information content (AvgIpc) is 1.44. The zero-order chi connectivity index (χ0) is 9.62. The van der Waals surface area contributed by atoms with Crippen LogP contribution < -0.4 is 0 Å². The van der Waals surface area contributed by atoms with Crippen molar-refractivity contribution in [3.63, 3.8) is 0 Å². The third-order valence-electron chi connectivity index (χ3n) is 1.47. The van der Waals surface area contributed by atoms with E-state index in [1.54, 1.807) is 0 Å². The molecule has 0 spiro atoms. The van der Waals surface area contributed by atoms with Crippen LogP contribution in [0.2, 0.25) is 29.6 Å². The summed E-state index contributed by atoms with van der Waals surface area (Å²) in [4.78, 5) is 15.8. The molecule has 12 heavy (non-hydrogen) atoms. The van der Waals surface area contributed by atoms with Crippen LogP contribution in [-0.2, 0) is 0 Å². The molecule has 1 fully saturated rings. The summed E-state index contributed by atoms with van der Waals surface area (Å²) >= 11 is -4.75. The Kier molecular flexibility index (Phi) is 4.92. The predicted octanol–water partition coefficient (Wildman–Crippen LogP) is 4.31. The van der Waals surface area contributed by atoms with Crippen molar-refractivity contribution >= 4 is 65.2 Å². The Hall–Kier alpha value is 3.45. The monoisotopic (exact) mass is 546 g/mol. The van der Waals surface area contributed by atoms with Crippen molar-refractivity contribution in [2.75, 3.05) is 0 Å². The molecule has 72 valence electrons. The fourth-order valence-electron chi connectivity index (χ4n) is 1.84. The van der Waals surface area contributed by atoms with Gasteiger partial charge in [0.1, 0.15) is 0 Å². The van der Waals surface area contributed by atoms with Gasteiger partial charge in [0.2, 0.25) is 0 Å². The minimum atomic E-state index is -1.58. The topological polar surface area (TPSA) is 0 Å². The Morgan fingerprint density at radius 1 is 0.500 bits per heavy atom. The Labute approximate surface area is 92.5 Å². The van der Waals surface area contributed by atoms with Crippen LogP contribution in [0.25, 0.3) is 0 Å².